The molecule has 0 unspecified atom stereocenters. The van der Waals surface area contributed by atoms with E-state index in [0.717, 1.165) is 29.4 Å². The van der Waals surface area contributed by atoms with Crippen LogP contribution in [0.1, 0.15) is 26.4 Å². The van der Waals surface area contributed by atoms with E-state index < -0.39 is 0 Å². The van der Waals surface area contributed by atoms with Gasteiger partial charge in [0, 0.05) is 18.0 Å². The molecule has 0 aliphatic carbocycles. The van der Waals surface area contributed by atoms with Crippen LogP contribution in [-0.2, 0) is 17.7 Å². The topological polar surface area (TPSA) is 41.6 Å². The van der Waals surface area contributed by atoms with Crippen molar-refractivity contribution in [3.63, 3.8) is 0 Å². The van der Waals surface area contributed by atoms with Gasteiger partial charge in [0.2, 0.25) is 0 Å². The maximum atomic E-state index is 11.9. The van der Waals surface area contributed by atoms with Gasteiger partial charge in [-0.2, -0.15) is 0 Å². The van der Waals surface area contributed by atoms with E-state index in [1.165, 1.54) is 29.6 Å². The van der Waals surface area contributed by atoms with Crippen molar-refractivity contribution in [3.05, 3.63) is 51.9 Å². The Morgan fingerprint density at radius 1 is 1.35 bits per heavy atom. The van der Waals surface area contributed by atoms with Gasteiger partial charge in [0.1, 0.15) is 5.00 Å². The van der Waals surface area contributed by atoms with Gasteiger partial charge in [-0.05, 0) is 42.8 Å². The molecule has 4 nitrogen and oxygen atoms in total. The molecular weight excluding hydrogens is 328 g/mol. The number of hydrogen-bond acceptors (Lipinski definition) is 4. The van der Waals surface area contributed by atoms with E-state index in [4.69, 9.17) is 17.0 Å². The molecule has 0 saturated carbocycles. The van der Waals surface area contributed by atoms with E-state index in [-0.39, 0.29) is 5.97 Å². The Balaban J connectivity index is 1.75. The Morgan fingerprint density at radius 2 is 2.09 bits per heavy atom. The monoisotopic (exact) mass is 346 g/mol. The molecule has 0 saturated heterocycles. The summed E-state index contributed by atoms with van der Waals surface area (Å²) in [5.74, 6) is -0.344. The lowest BCUT2D eigenvalue weighted by atomic mass is 10.0. The van der Waals surface area contributed by atoms with Crippen molar-refractivity contribution in [2.45, 2.75) is 19.9 Å². The number of ether oxygens (including phenoxy) is 1. The molecule has 120 valence electrons. The number of rotatable bonds is 2. The molecule has 3 rings (SSSR count). The number of thiophene rings is 1. The first-order valence-corrected chi connectivity index (χ1v) is 8.62. The molecule has 1 aromatic heterocycles. The number of benzene rings is 1. The van der Waals surface area contributed by atoms with E-state index in [0.29, 0.717) is 10.7 Å². The fourth-order valence-electron chi connectivity index (χ4n) is 2.71. The van der Waals surface area contributed by atoms with Crippen molar-refractivity contribution < 1.29 is 9.53 Å². The molecule has 23 heavy (non-hydrogen) atoms. The molecule has 1 aliphatic heterocycles. The molecule has 0 atom stereocenters. The minimum absolute atomic E-state index is 0.344. The maximum absolute atomic E-state index is 11.9. The van der Waals surface area contributed by atoms with E-state index in [1.54, 1.807) is 0 Å². The molecule has 2 aromatic rings. The van der Waals surface area contributed by atoms with Gasteiger partial charge in [-0.3, -0.25) is 0 Å². The van der Waals surface area contributed by atoms with Crippen LogP contribution in [0, 0.1) is 6.92 Å². The van der Waals surface area contributed by atoms with Crippen LogP contribution in [0.3, 0.4) is 0 Å². The molecule has 1 N–H and O–H groups in total. The molecule has 0 fully saturated rings. The van der Waals surface area contributed by atoms with Gasteiger partial charge in [0.05, 0.1) is 12.7 Å². The first-order chi connectivity index (χ1) is 11.1. The van der Waals surface area contributed by atoms with Gasteiger partial charge in [-0.25, -0.2) is 4.79 Å². The summed E-state index contributed by atoms with van der Waals surface area (Å²) in [6, 6.07) is 10.3. The molecule has 0 bridgehead atoms. The number of anilines is 1. The first-order valence-electron chi connectivity index (χ1n) is 7.40. The van der Waals surface area contributed by atoms with Crippen molar-refractivity contribution in [1.29, 1.82) is 0 Å². The molecule has 0 amide bonds. The standard InChI is InChI=1S/C17H18N2O2S2/c1-11-9-14(16(20)21-2)15(23-11)18-17(22)19-8-7-12-5-3-4-6-13(12)10-19/h3-6,9H,7-8,10H2,1-2H3,(H,18,22). The summed E-state index contributed by atoms with van der Waals surface area (Å²) in [7, 11) is 1.39. The van der Waals surface area contributed by atoms with Crippen LogP contribution in [0.15, 0.2) is 30.3 Å². The largest absolute Gasteiger partial charge is 0.465 e. The highest BCUT2D eigenvalue weighted by molar-refractivity contribution is 7.80. The Labute approximate surface area is 145 Å². The predicted molar refractivity (Wildman–Crippen MR) is 97.2 cm³/mol. The third-order valence-corrected chi connectivity index (χ3v) is 5.23. The second kappa shape index (κ2) is 6.68. The minimum Gasteiger partial charge on any atom is -0.465 e. The van der Waals surface area contributed by atoms with Crippen molar-refractivity contribution in [3.8, 4) is 0 Å². The average Bonchev–Trinajstić information content (AvgIpc) is 2.94. The summed E-state index contributed by atoms with van der Waals surface area (Å²) in [4.78, 5) is 15.0. The third-order valence-electron chi connectivity index (χ3n) is 3.90. The molecular formula is C17H18N2O2S2. The van der Waals surface area contributed by atoms with E-state index in [1.807, 2.05) is 13.0 Å². The Morgan fingerprint density at radius 3 is 2.83 bits per heavy atom. The fourth-order valence-corrected chi connectivity index (χ4v) is 3.94. The molecule has 2 heterocycles. The highest BCUT2D eigenvalue weighted by Crippen LogP contribution is 2.29. The third kappa shape index (κ3) is 3.38. The average molecular weight is 346 g/mol. The van der Waals surface area contributed by atoms with Crippen LogP contribution < -0.4 is 5.32 Å². The van der Waals surface area contributed by atoms with Gasteiger partial charge in [0.15, 0.2) is 5.11 Å². The van der Waals surface area contributed by atoms with Gasteiger partial charge in [-0.15, -0.1) is 11.3 Å². The second-order valence-electron chi connectivity index (χ2n) is 5.46. The second-order valence-corrected chi connectivity index (χ2v) is 7.10. The Bertz CT molecular complexity index is 755. The number of nitrogens with one attached hydrogen (secondary N) is 1. The SMILES string of the molecule is COC(=O)c1cc(C)sc1NC(=S)N1CCc2ccccc2C1. The lowest BCUT2D eigenvalue weighted by molar-refractivity contribution is 0.0602. The van der Waals surface area contributed by atoms with Gasteiger partial charge >= 0.3 is 5.97 Å². The normalized spacial score (nSPS) is 13.4. The van der Waals surface area contributed by atoms with Gasteiger partial charge < -0.3 is 15.0 Å². The van der Waals surface area contributed by atoms with E-state index >= 15 is 0 Å². The number of fused-ring (bicyclic) bond motifs is 1. The quantitative estimate of drug-likeness (QED) is 0.665. The van der Waals surface area contributed by atoms with Gasteiger partial charge in [0.25, 0.3) is 0 Å². The number of methoxy groups -OCH3 is 1. The maximum Gasteiger partial charge on any atom is 0.340 e. The summed E-state index contributed by atoms with van der Waals surface area (Å²) < 4.78 is 4.83. The lowest BCUT2D eigenvalue weighted by Gasteiger charge is -2.31. The highest BCUT2D eigenvalue weighted by atomic mass is 32.1. The number of aryl methyl sites for hydroxylation is 1. The molecule has 6 heteroatoms. The summed E-state index contributed by atoms with van der Waals surface area (Å²) in [5, 5.41) is 4.62. The zero-order chi connectivity index (χ0) is 16.4. The highest BCUT2D eigenvalue weighted by Gasteiger charge is 2.21. The van der Waals surface area contributed by atoms with E-state index in [2.05, 4.69) is 34.5 Å². The van der Waals surface area contributed by atoms with Crippen LogP contribution in [0.25, 0.3) is 0 Å². The van der Waals surface area contributed by atoms with Crippen LogP contribution in [0.5, 0.6) is 0 Å². The summed E-state index contributed by atoms with van der Waals surface area (Å²) in [6.07, 6.45) is 0.978. The lowest BCUT2D eigenvalue weighted by Crippen LogP contribution is -2.38. The molecule has 1 aromatic carbocycles. The van der Waals surface area contributed by atoms with Crippen LogP contribution in [0.4, 0.5) is 5.00 Å². The zero-order valence-corrected chi connectivity index (χ0v) is 14.7. The number of hydrogen-bond donors (Lipinski definition) is 1. The molecule has 0 spiro atoms. The smallest absolute Gasteiger partial charge is 0.340 e. The zero-order valence-electron chi connectivity index (χ0n) is 13.1. The van der Waals surface area contributed by atoms with Crippen LogP contribution >= 0.6 is 23.6 Å². The molecule has 0 radical (unpaired) electrons. The fraction of sp³-hybridized carbons (Fsp3) is 0.294. The number of esters is 1. The van der Waals surface area contributed by atoms with E-state index in [9.17, 15) is 4.79 Å². The van der Waals surface area contributed by atoms with Crippen molar-refractivity contribution in [2.24, 2.45) is 0 Å². The Kier molecular flexibility index (Phi) is 4.63. The van der Waals surface area contributed by atoms with Gasteiger partial charge in [-0.1, -0.05) is 24.3 Å². The van der Waals surface area contributed by atoms with Crippen molar-refractivity contribution >= 4 is 39.6 Å². The molecule has 1 aliphatic rings. The summed E-state index contributed by atoms with van der Waals surface area (Å²) in [6.45, 7) is 3.63. The minimum atomic E-state index is -0.344. The summed E-state index contributed by atoms with van der Waals surface area (Å²) in [5.41, 5.74) is 3.22. The van der Waals surface area contributed by atoms with Crippen LogP contribution in [0.2, 0.25) is 0 Å². The number of carbonyl (C=O) groups is 1. The van der Waals surface area contributed by atoms with Crippen molar-refractivity contribution in [2.75, 3.05) is 19.0 Å². The predicted octanol–water partition coefficient (Wildman–Crippen LogP) is 3.60. The van der Waals surface area contributed by atoms with Crippen molar-refractivity contribution in [1.82, 2.24) is 4.90 Å². The number of thiocarbonyl (C=S) groups is 1. The van der Waals surface area contributed by atoms with Crippen LogP contribution in [-0.4, -0.2) is 29.6 Å². The Hall–Kier alpha value is -1.92. The number of carbonyl (C=O) groups excluding carboxylic acids is 1. The summed E-state index contributed by atoms with van der Waals surface area (Å²) >= 11 is 7.06. The number of nitrogens with zero attached hydrogens (tertiary/aromatic N) is 1. The first kappa shape index (κ1) is 16.0.